The smallest absolute Gasteiger partial charge is 0.303 e. The molecular formula is C10H14N2O4. The van der Waals surface area contributed by atoms with Crippen molar-refractivity contribution < 1.29 is 14.3 Å². The number of methoxy groups -OCH3 is 1. The standard InChI is InChI=1S/C10H14N2O4/c1-7(16-8(2)13)9-4-5-11-12(6-15-3)10(9)14/h4-5,7H,6H2,1-3H3. The van der Waals surface area contributed by atoms with Crippen LogP contribution < -0.4 is 5.56 Å². The summed E-state index contributed by atoms with van der Waals surface area (Å²) in [5, 5.41) is 3.83. The second kappa shape index (κ2) is 5.41. The van der Waals surface area contributed by atoms with Crippen LogP contribution in [0.15, 0.2) is 17.1 Å². The number of esters is 1. The van der Waals surface area contributed by atoms with E-state index in [9.17, 15) is 9.59 Å². The Labute approximate surface area is 92.8 Å². The Morgan fingerprint density at radius 1 is 1.62 bits per heavy atom. The maximum Gasteiger partial charge on any atom is 0.303 e. The highest BCUT2D eigenvalue weighted by atomic mass is 16.5. The quantitative estimate of drug-likeness (QED) is 0.698. The molecule has 6 heteroatoms. The summed E-state index contributed by atoms with van der Waals surface area (Å²) in [6, 6.07) is 1.53. The largest absolute Gasteiger partial charge is 0.458 e. The van der Waals surface area contributed by atoms with Crippen molar-refractivity contribution in [3.8, 4) is 0 Å². The predicted octanol–water partition coefficient (Wildman–Crippen LogP) is 0.471. The average Bonchev–Trinajstić information content (AvgIpc) is 2.20. The van der Waals surface area contributed by atoms with Crippen molar-refractivity contribution in [3.63, 3.8) is 0 Å². The Bertz CT molecular complexity index is 427. The lowest BCUT2D eigenvalue weighted by Gasteiger charge is -2.12. The topological polar surface area (TPSA) is 70.4 Å². The minimum Gasteiger partial charge on any atom is -0.458 e. The number of hydrogen-bond donors (Lipinski definition) is 0. The van der Waals surface area contributed by atoms with Crippen LogP contribution in [-0.2, 0) is 21.0 Å². The van der Waals surface area contributed by atoms with E-state index in [-0.39, 0.29) is 12.3 Å². The van der Waals surface area contributed by atoms with Crippen LogP contribution in [0.4, 0.5) is 0 Å². The van der Waals surface area contributed by atoms with Gasteiger partial charge in [0.1, 0.15) is 12.8 Å². The summed E-state index contributed by atoms with van der Waals surface area (Å²) in [4.78, 5) is 22.6. The molecule has 0 amide bonds. The van der Waals surface area contributed by atoms with Crippen LogP contribution in [0.2, 0.25) is 0 Å². The van der Waals surface area contributed by atoms with E-state index in [4.69, 9.17) is 9.47 Å². The lowest BCUT2D eigenvalue weighted by atomic mass is 10.2. The summed E-state index contributed by atoms with van der Waals surface area (Å²) in [7, 11) is 1.47. The second-order valence-electron chi connectivity index (χ2n) is 3.26. The van der Waals surface area contributed by atoms with Crippen LogP contribution in [-0.4, -0.2) is 22.9 Å². The Morgan fingerprint density at radius 3 is 2.88 bits per heavy atom. The van der Waals surface area contributed by atoms with Gasteiger partial charge < -0.3 is 9.47 Å². The summed E-state index contributed by atoms with van der Waals surface area (Å²) in [6.07, 6.45) is 0.881. The molecule has 0 aliphatic rings. The van der Waals surface area contributed by atoms with Gasteiger partial charge in [0, 0.05) is 20.2 Å². The van der Waals surface area contributed by atoms with Gasteiger partial charge >= 0.3 is 5.97 Å². The molecule has 1 rings (SSSR count). The van der Waals surface area contributed by atoms with Crippen LogP contribution in [0.25, 0.3) is 0 Å². The van der Waals surface area contributed by atoms with Crippen molar-refractivity contribution in [1.82, 2.24) is 9.78 Å². The third-order valence-electron chi connectivity index (χ3n) is 1.97. The van der Waals surface area contributed by atoms with Gasteiger partial charge in [0.25, 0.3) is 5.56 Å². The van der Waals surface area contributed by atoms with Crippen LogP contribution in [0.5, 0.6) is 0 Å². The highest BCUT2D eigenvalue weighted by Crippen LogP contribution is 2.11. The van der Waals surface area contributed by atoms with E-state index in [0.29, 0.717) is 5.56 Å². The van der Waals surface area contributed by atoms with Crippen molar-refractivity contribution in [3.05, 3.63) is 28.2 Å². The summed E-state index contributed by atoms with van der Waals surface area (Å²) < 4.78 is 10.9. The van der Waals surface area contributed by atoms with Crippen LogP contribution >= 0.6 is 0 Å². The van der Waals surface area contributed by atoms with Crippen molar-refractivity contribution in [2.45, 2.75) is 26.7 Å². The monoisotopic (exact) mass is 226 g/mol. The number of ether oxygens (including phenoxy) is 2. The molecule has 88 valence electrons. The fraction of sp³-hybridized carbons (Fsp3) is 0.500. The molecule has 0 aromatic carbocycles. The minimum atomic E-state index is -0.587. The number of hydrogen-bond acceptors (Lipinski definition) is 5. The SMILES string of the molecule is COCn1nccc(C(C)OC(C)=O)c1=O. The fourth-order valence-electron chi connectivity index (χ4n) is 1.30. The minimum absolute atomic E-state index is 0.0689. The van der Waals surface area contributed by atoms with Crippen molar-refractivity contribution in [2.24, 2.45) is 0 Å². The molecule has 16 heavy (non-hydrogen) atoms. The summed E-state index contributed by atoms with van der Waals surface area (Å²) in [5.41, 5.74) is 0.0559. The maximum absolute atomic E-state index is 11.8. The highest BCUT2D eigenvalue weighted by Gasteiger charge is 2.14. The molecule has 0 aliphatic carbocycles. The van der Waals surface area contributed by atoms with Gasteiger partial charge in [-0.25, -0.2) is 4.68 Å². The molecule has 0 fully saturated rings. The van der Waals surface area contributed by atoms with Gasteiger partial charge in [-0.2, -0.15) is 5.10 Å². The lowest BCUT2D eigenvalue weighted by Crippen LogP contribution is -2.28. The zero-order valence-electron chi connectivity index (χ0n) is 9.47. The zero-order chi connectivity index (χ0) is 12.1. The van der Waals surface area contributed by atoms with E-state index in [1.807, 2.05) is 0 Å². The first-order valence-corrected chi connectivity index (χ1v) is 4.78. The van der Waals surface area contributed by atoms with E-state index in [0.717, 1.165) is 4.68 Å². The maximum atomic E-state index is 11.8. The molecule has 1 atom stereocenters. The molecule has 0 saturated heterocycles. The number of nitrogens with zero attached hydrogens (tertiary/aromatic N) is 2. The van der Waals surface area contributed by atoms with E-state index in [2.05, 4.69) is 5.10 Å². The van der Waals surface area contributed by atoms with Gasteiger partial charge in [0.15, 0.2) is 0 Å². The molecule has 0 spiro atoms. The molecule has 0 aliphatic heterocycles. The van der Waals surface area contributed by atoms with Gasteiger partial charge in [-0.05, 0) is 13.0 Å². The zero-order valence-corrected chi connectivity index (χ0v) is 9.47. The van der Waals surface area contributed by atoms with Gasteiger partial charge in [-0.1, -0.05) is 0 Å². The molecule has 1 aromatic heterocycles. The van der Waals surface area contributed by atoms with Gasteiger partial charge in [-0.3, -0.25) is 9.59 Å². The third-order valence-corrected chi connectivity index (χ3v) is 1.97. The first-order chi connectivity index (χ1) is 7.56. The van der Waals surface area contributed by atoms with Crippen LogP contribution in [0.3, 0.4) is 0 Å². The molecular weight excluding hydrogens is 212 g/mol. The molecule has 0 radical (unpaired) electrons. The summed E-state index contributed by atoms with van der Waals surface area (Å²) in [6.45, 7) is 3.00. The Kier molecular flexibility index (Phi) is 4.19. The summed E-state index contributed by atoms with van der Waals surface area (Å²) >= 11 is 0. The van der Waals surface area contributed by atoms with Crippen LogP contribution in [0, 0.1) is 0 Å². The van der Waals surface area contributed by atoms with Crippen molar-refractivity contribution >= 4 is 5.97 Å². The number of rotatable bonds is 4. The summed E-state index contributed by atoms with van der Waals surface area (Å²) in [5.74, 6) is -0.429. The first kappa shape index (κ1) is 12.4. The normalized spacial score (nSPS) is 12.2. The third kappa shape index (κ3) is 2.90. The molecule has 6 nitrogen and oxygen atoms in total. The van der Waals surface area contributed by atoms with Gasteiger partial charge in [0.05, 0.1) is 5.56 Å². The number of carbonyl (C=O) groups is 1. The molecule has 0 N–H and O–H groups in total. The van der Waals surface area contributed by atoms with Crippen molar-refractivity contribution in [1.29, 1.82) is 0 Å². The Morgan fingerprint density at radius 2 is 2.31 bits per heavy atom. The van der Waals surface area contributed by atoms with Crippen LogP contribution in [0.1, 0.15) is 25.5 Å². The molecule has 1 aromatic rings. The molecule has 1 unspecified atom stereocenters. The number of aromatic nitrogens is 2. The predicted molar refractivity (Wildman–Crippen MR) is 55.7 cm³/mol. The Balaban J connectivity index is 3.00. The van der Waals surface area contributed by atoms with E-state index >= 15 is 0 Å². The van der Waals surface area contributed by atoms with Gasteiger partial charge in [0.2, 0.25) is 0 Å². The van der Waals surface area contributed by atoms with E-state index in [1.165, 1.54) is 26.3 Å². The van der Waals surface area contributed by atoms with E-state index in [1.54, 1.807) is 6.92 Å². The Hall–Kier alpha value is -1.69. The highest BCUT2D eigenvalue weighted by molar-refractivity contribution is 5.66. The molecule has 0 saturated carbocycles. The number of carbonyl (C=O) groups excluding carboxylic acids is 1. The molecule has 0 bridgehead atoms. The second-order valence-corrected chi connectivity index (χ2v) is 3.26. The average molecular weight is 226 g/mol. The van der Waals surface area contributed by atoms with Gasteiger partial charge in [-0.15, -0.1) is 0 Å². The fourth-order valence-corrected chi connectivity index (χ4v) is 1.30. The first-order valence-electron chi connectivity index (χ1n) is 4.78. The lowest BCUT2D eigenvalue weighted by molar-refractivity contribution is -0.145. The van der Waals surface area contributed by atoms with E-state index < -0.39 is 12.1 Å². The van der Waals surface area contributed by atoms with Crippen molar-refractivity contribution in [2.75, 3.05) is 7.11 Å². The molecule has 1 heterocycles.